The van der Waals surface area contributed by atoms with E-state index in [1.807, 2.05) is 18.2 Å². The summed E-state index contributed by atoms with van der Waals surface area (Å²) in [5, 5.41) is 1.24. The lowest BCUT2D eigenvalue weighted by atomic mass is 9.92. The van der Waals surface area contributed by atoms with Crippen molar-refractivity contribution in [2.45, 2.75) is 45.1 Å². The molecule has 0 aliphatic heterocycles. The van der Waals surface area contributed by atoms with Gasteiger partial charge in [-0.15, -0.1) is 0 Å². The monoisotopic (exact) mass is 285 g/mol. The fourth-order valence-corrected chi connectivity index (χ4v) is 3.30. The highest BCUT2D eigenvalue weighted by Gasteiger charge is 2.27. The molecule has 1 nitrogen and oxygen atoms in total. The van der Waals surface area contributed by atoms with Crippen LogP contribution in [0, 0.1) is 11.8 Å². The summed E-state index contributed by atoms with van der Waals surface area (Å²) in [6.45, 7) is 2.28. The summed E-state index contributed by atoms with van der Waals surface area (Å²) < 4.78 is 0. The molecule has 3 atom stereocenters. The van der Waals surface area contributed by atoms with E-state index in [1.54, 1.807) is 0 Å². The lowest BCUT2D eigenvalue weighted by molar-refractivity contribution is 0.405. The van der Waals surface area contributed by atoms with Crippen LogP contribution >= 0.6 is 23.2 Å². The van der Waals surface area contributed by atoms with Crippen LogP contribution in [0.1, 0.15) is 38.2 Å². The lowest BCUT2D eigenvalue weighted by Crippen LogP contribution is -2.30. The van der Waals surface area contributed by atoms with Gasteiger partial charge in [-0.2, -0.15) is 0 Å². The second kappa shape index (κ2) is 6.27. The summed E-state index contributed by atoms with van der Waals surface area (Å²) in [7, 11) is 0. The molecule has 3 unspecified atom stereocenters. The van der Waals surface area contributed by atoms with Crippen molar-refractivity contribution in [2.24, 2.45) is 17.6 Å². The number of rotatable bonds is 4. The van der Waals surface area contributed by atoms with Gasteiger partial charge in [-0.05, 0) is 48.8 Å². The molecule has 2 rings (SSSR count). The molecule has 3 heteroatoms. The molecule has 0 radical (unpaired) electrons. The van der Waals surface area contributed by atoms with E-state index in [2.05, 4.69) is 6.92 Å². The van der Waals surface area contributed by atoms with Gasteiger partial charge in [-0.1, -0.05) is 49.0 Å². The van der Waals surface area contributed by atoms with E-state index in [4.69, 9.17) is 28.9 Å². The molecule has 1 aliphatic rings. The summed E-state index contributed by atoms with van der Waals surface area (Å²) in [6.07, 6.45) is 6.10. The topological polar surface area (TPSA) is 26.0 Å². The molecule has 1 aliphatic carbocycles. The van der Waals surface area contributed by atoms with Crippen molar-refractivity contribution < 1.29 is 0 Å². The van der Waals surface area contributed by atoms with Gasteiger partial charge in [0.2, 0.25) is 0 Å². The van der Waals surface area contributed by atoms with Crippen molar-refractivity contribution in [3.63, 3.8) is 0 Å². The third-order valence-corrected chi connectivity index (χ3v) is 4.96. The molecule has 0 heterocycles. The Bertz CT molecular complexity index is 405. The summed E-state index contributed by atoms with van der Waals surface area (Å²) >= 11 is 11.9. The molecule has 18 heavy (non-hydrogen) atoms. The summed E-state index contributed by atoms with van der Waals surface area (Å²) in [4.78, 5) is 0. The first kappa shape index (κ1) is 14.2. The molecule has 100 valence electrons. The molecule has 0 aromatic heterocycles. The maximum Gasteiger partial charge on any atom is 0.0595 e. The van der Waals surface area contributed by atoms with Gasteiger partial charge in [0.15, 0.2) is 0 Å². The first-order chi connectivity index (χ1) is 8.60. The average molecular weight is 286 g/mol. The Kier molecular flexibility index (Phi) is 4.94. The van der Waals surface area contributed by atoms with Crippen molar-refractivity contribution in [1.82, 2.24) is 0 Å². The van der Waals surface area contributed by atoms with Crippen LogP contribution in [0.4, 0.5) is 0 Å². The number of benzene rings is 1. The summed E-state index contributed by atoms with van der Waals surface area (Å²) in [6, 6.07) is 6.07. The number of halogens is 2. The Morgan fingerprint density at radius 2 is 2.06 bits per heavy atom. The van der Waals surface area contributed by atoms with E-state index in [0.29, 0.717) is 16.0 Å². The van der Waals surface area contributed by atoms with Crippen molar-refractivity contribution >= 4 is 23.2 Å². The minimum atomic E-state index is 0.249. The van der Waals surface area contributed by atoms with Crippen LogP contribution in [0.2, 0.25) is 10.0 Å². The zero-order chi connectivity index (χ0) is 13.1. The quantitative estimate of drug-likeness (QED) is 0.853. The first-order valence-corrected chi connectivity index (χ1v) is 7.55. The number of hydrogen-bond donors (Lipinski definition) is 1. The van der Waals surface area contributed by atoms with Gasteiger partial charge in [-0.25, -0.2) is 0 Å². The number of nitrogens with two attached hydrogens (primary N) is 1. The van der Waals surface area contributed by atoms with Crippen molar-refractivity contribution in [2.75, 3.05) is 0 Å². The van der Waals surface area contributed by atoms with Crippen LogP contribution < -0.4 is 5.73 Å². The standard InChI is InChI=1S/C15H21Cl2N/c1-2-10-3-5-12(7-10)15(18)9-11-4-6-13(16)14(17)8-11/h4,6,8,10,12,15H,2-3,5,7,9,18H2,1H3. The zero-order valence-electron chi connectivity index (χ0n) is 10.8. The van der Waals surface area contributed by atoms with Gasteiger partial charge in [0.05, 0.1) is 10.0 Å². The molecule has 1 aromatic rings. The molecule has 0 bridgehead atoms. The van der Waals surface area contributed by atoms with Crippen LogP contribution in [0.5, 0.6) is 0 Å². The minimum absolute atomic E-state index is 0.249. The normalized spacial score (nSPS) is 25.3. The van der Waals surface area contributed by atoms with Crippen molar-refractivity contribution in [1.29, 1.82) is 0 Å². The highest BCUT2D eigenvalue weighted by atomic mass is 35.5. The highest BCUT2D eigenvalue weighted by molar-refractivity contribution is 6.42. The Morgan fingerprint density at radius 3 is 2.67 bits per heavy atom. The second-order valence-electron chi connectivity index (χ2n) is 5.46. The molecule has 0 amide bonds. The van der Waals surface area contributed by atoms with Crippen molar-refractivity contribution in [3.05, 3.63) is 33.8 Å². The largest absolute Gasteiger partial charge is 0.327 e. The van der Waals surface area contributed by atoms with Crippen LogP contribution in [-0.2, 0) is 6.42 Å². The smallest absolute Gasteiger partial charge is 0.0595 e. The van der Waals surface area contributed by atoms with Gasteiger partial charge in [0.1, 0.15) is 0 Å². The van der Waals surface area contributed by atoms with E-state index in [-0.39, 0.29) is 6.04 Å². The number of hydrogen-bond acceptors (Lipinski definition) is 1. The fourth-order valence-electron chi connectivity index (χ4n) is 2.98. The van der Waals surface area contributed by atoms with E-state index in [1.165, 1.54) is 31.2 Å². The first-order valence-electron chi connectivity index (χ1n) is 6.79. The van der Waals surface area contributed by atoms with Gasteiger partial charge in [-0.3, -0.25) is 0 Å². The Hall–Kier alpha value is -0.240. The maximum absolute atomic E-state index is 6.34. The third-order valence-electron chi connectivity index (χ3n) is 4.22. The van der Waals surface area contributed by atoms with Crippen LogP contribution in [0.3, 0.4) is 0 Å². The maximum atomic E-state index is 6.34. The van der Waals surface area contributed by atoms with Crippen molar-refractivity contribution in [3.8, 4) is 0 Å². The van der Waals surface area contributed by atoms with Crippen LogP contribution in [0.25, 0.3) is 0 Å². The molecule has 0 saturated heterocycles. The Labute approximate surface area is 120 Å². The predicted molar refractivity (Wildman–Crippen MR) is 79.3 cm³/mol. The SMILES string of the molecule is CCC1CCC(C(N)Cc2ccc(Cl)c(Cl)c2)C1. The summed E-state index contributed by atoms with van der Waals surface area (Å²) in [5.41, 5.74) is 7.53. The molecular formula is C15H21Cl2N. The molecule has 1 aromatic carbocycles. The van der Waals surface area contributed by atoms with E-state index in [9.17, 15) is 0 Å². The molecule has 2 N–H and O–H groups in total. The van der Waals surface area contributed by atoms with Gasteiger partial charge < -0.3 is 5.73 Å². The zero-order valence-corrected chi connectivity index (χ0v) is 12.3. The van der Waals surface area contributed by atoms with E-state index < -0.39 is 0 Å². The molecule has 1 fully saturated rings. The average Bonchev–Trinajstić information content (AvgIpc) is 2.82. The van der Waals surface area contributed by atoms with E-state index >= 15 is 0 Å². The predicted octanol–water partition coefficient (Wildman–Crippen LogP) is 4.69. The second-order valence-corrected chi connectivity index (χ2v) is 6.28. The highest BCUT2D eigenvalue weighted by Crippen LogP contribution is 2.35. The Morgan fingerprint density at radius 1 is 1.28 bits per heavy atom. The minimum Gasteiger partial charge on any atom is -0.327 e. The molecular weight excluding hydrogens is 265 g/mol. The summed E-state index contributed by atoms with van der Waals surface area (Å²) in [5.74, 6) is 1.55. The molecule has 0 spiro atoms. The van der Waals surface area contributed by atoms with Gasteiger partial charge in [0.25, 0.3) is 0 Å². The van der Waals surface area contributed by atoms with E-state index in [0.717, 1.165) is 12.3 Å². The van der Waals surface area contributed by atoms with Gasteiger partial charge >= 0.3 is 0 Å². The van der Waals surface area contributed by atoms with Crippen LogP contribution in [-0.4, -0.2) is 6.04 Å². The third kappa shape index (κ3) is 3.40. The molecule has 1 saturated carbocycles. The fraction of sp³-hybridized carbons (Fsp3) is 0.600. The lowest BCUT2D eigenvalue weighted by Gasteiger charge is -2.19. The Balaban J connectivity index is 1.94. The van der Waals surface area contributed by atoms with Gasteiger partial charge in [0, 0.05) is 6.04 Å². The van der Waals surface area contributed by atoms with Crippen LogP contribution in [0.15, 0.2) is 18.2 Å².